The zero-order valence-corrected chi connectivity index (χ0v) is 11.9. The van der Waals surface area contributed by atoms with E-state index in [0.29, 0.717) is 17.9 Å². The summed E-state index contributed by atoms with van der Waals surface area (Å²) in [5, 5.41) is 0. The lowest BCUT2D eigenvalue weighted by molar-refractivity contribution is -0.139. The highest BCUT2D eigenvalue weighted by Crippen LogP contribution is 2.32. The molecule has 3 atom stereocenters. The quantitative estimate of drug-likeness (QED) is 0.839. The van der Waals surface area contributed by atoms with Crippen molar-refractivity contribution in [1.82, 2.24) is 4.90 Å². The monoisotopic (exact) mass is 252 g/mol. The van der Waals surface area contributed by atoms with E-state index in [1.54, 1.807) is 0 Å². The molecular formula is C15H28N2O. The van der Waals surface area contributed by atoms with Crippen molar-refractivity contribution < 1.29 is 4.79 Å². The zero-order valence-electron chi connectivity index (χ0n) is 11.9. The first kappa shape index (κ1) is 13.9. The minimum Gasteiger partial charge on any atom is -0.340 e. The molecule has 0 aliphatic heterocycles. The predicted molar refractivity (Wildman–Crippen MR) is 74.1 cm³/mol. The summed E-state index contributed by atoms with van der Waals surface area (Å²) in [5.41, 5.74) is 6.08. The Balaban J connectivity index is 1.99. The molecule has 2 rings (SSSR count). The first-order chi connectivity index (χ1) is 8.61. The van der Waals surface area contributed by atoms with Crippen LogP contribution in [-0.2, 0) is 4.79 Å². The second-order valence-corrected chi connectivity index (χ2v) is 6.33. The molecule has 0 spiro atoms. The Morgan fingerprint density at radius 3 is 2.44 bits per heavy atom. The summed E-state index contributed by atoms with van der Waals surface area (Å²) >= 11 is 0. The van der Waals surface area contributed by atoms with Crippen LogP contribution in [0.3, 0.4) is 0 Å². The molecule has 3 nitrogen and oxygen atoms in total. The van der Waals surface area contributed by atoms with Crippen LogP contribution in [-0.4, -0.2) is 29.4 Å². The average molecular weight is 252 g/mol. The molecule has 2 aliphatic rings. The van der Waals surface area contributed by atoms with Gasteiger partial charge in [-0.2, -0.15) is 0 Å². The Bertz CT molecular complexity index is 276. The summed E-state index contributed by atoms with van der Waals surface area (Å²) < 4.78 is 0. The van der Waals surface area contributed by atoms with Gasteiger partial charge in [0, 0.05) is 24.5 Å². The van der Waals surface area contributed by atoms with Crippen molar-refractivity contribution in [3.05, 3.63) is 0 Å². The molecule has 0 bridgehead atoms. The highest BCUT2D eigenvalue weighted by molar-refractivity contribution is 5.79. The van der Waals surface area contributed by atoms with E-state index in [1.807, 2.05) is 0 Å². The molecule has 2 saturated carbocycles. The van der Waals surface area contributed by atoms with Crippen LogP contribution < -0.4 is 5.73 Å². The number of nitrogens with two attached hydrogens (primary N) is 1. The standard InChI is InChI=1S/C15H28N2O/c1-3-17(14-6-4-5-7-14)15(18)12-8-11(2)9-13(16)10-12/h11-14H,3-10,16H2,1-2H3. The molecule has 1 amide bonds. The van der Waals surface area contributed by atoms with Gasteiger partial charge in [-0.05, 0) is 44.9 Å². The summed E-state index contributed by atoms with van der Waals surface area (Å²) in [4.78, 5) is 14.8. The van der Waals surface area contributed by atoms with Gasteiger partial charge in [-0.3, -0.25) is 4.79 Å². The maximum atomic E-state index is 12.7. The highest BCUT2D eigenvalue weighted by atomic mass is 16.2. The van der Waals surface area contributed by atoms with Crippen molar-refractivity contribution in [2.24, 2.45) is 17.6 Å². The lowest BCUT2D eigenvalue weighted by Crippen LogP contribution is -2.46. The molecule has 2 N–H and O–H groups in total. The molecule has 0 aromatic rings. The minimum atomic E-state index is 0.185. The van der Waals surface area contributed by atoms with Gasteiger partial charge in [0.2, 0.25) is 5.91 Å². The van der Waals surface area contributed by atoms with Crippen LogP contribution in [0.5, 0.6) is 0 Å². The van der Waals surface area contributed by atoms with Gasteiger partial charge in [-0.15, -0.1) is 0 Å². The Morgan fingerprint density at radius 2 is 1.89 bits per heavy atom. The maximum Gasteiger partial charge on any atom is 0.225 e. The normalized spacial score (nSPS) is 33.6. The molecule has 0 saturated heterocycles. The van der Waals surface area contributed by atoms with Gasteiger partial charge >= 0.3 is 0 Å². The number of carbonyl (C=O) groups is 1. The van der Waals surface area contributed by atoms with Crippen molar-refractivity contribution in [1.29, 1.82) is 0 Å². The van der Waals surface area contributed by atoms with E-state index in [4.69, 9.17) is 5.73 Å². The van der Waals surface area contributed by atoms with Crippen molar-refractivity contribution in [2.45, 2.75) is 70.9 Å². The third kappa shape index (κ3) is 3.05. The smallest absolute Gasteiger partial charge is 0.225 e. The third-order valence-electron chi connectivity index (χ3n) is 4.72. The maximum absolute atomic E-state index is 12.7. The largest absolute Gasteiger partial charge is 0.340 e. The molecular weight excluding hydrogens is 224 g/mol. The van der Waals surface area contributed by atoms with Crippen LogP contribution in [0.25, 0.3) is 0 Å². The van der Waals surface area contributed by atoms with E-state index in [2.05, 4.69) is 18.7 Å². The number of hydrogen-bond acceptors (Lipinski definition) is 2. The summed E-state index contributed by atoms with van der Waals surface area (Å²) in [5.74, 6) is 1.17. The topological polar surface area (TPSA) is 46.3 Å². The highest BCUT2D eigenvalue weighted by Gasteiger charge is 2.34. The second-order valence-electron chi connectivity index (χ2n) is 6.33. The summed E-state index contributed by atoms with van der Waals surface area (Å²) in [6.07, 6.45) is 7.99. The zero-order chi connectivity index (χ0) is 13.1. The lowest BCUT2D eigenvalue weighted by atomic mass is 9.79. The van der Waals surface area contributed by atoms with Crippen molar-refractivity contribution in [3.8, 4) is 0 Å². The van der Waals surface area contributed by atoms with Crippen molar-refractivity contribution >= 4 is 5.91 Å². The van der Waals surface area contributed by atoms with Gasteiger partial charge in [0.25, 0.3) is 0 Å². The fourth-order valence-corrected chi connectivity index (χ4v) is 3.90. The predicted octanol–water partition coefficient (Wildman–Crippen LogP) is 2.54. The summed E-state index contributed by atoms with van der Waals surface area (Å²) in [6.45, 7) is 5.21. The van der Waals surface area contributed by atoms with Crippen LogP contribution >= 0.6 is 0 Å². The molecule has 2 fully saturated rings. The summed E-state index contributed by atoms with van der Waals surface area (Å²) in [7, 11) is 0. The van der Waals surface area contributed by atoms with Crippen LogP contribution in [0.2, 0.25) is 0 Å². The third-order valence-corrected chi connectivity index (χ3v) is 4.72. The second kappa shape index (κ2) is 6.05. The van der Waals surface area contributed by atoms with E-state index < -0.39 is 0 Å². The van der Waals surface area contributed by atoms with Crippen LogP contribution in [0.4, 0.5) is 0 Å². The van der Waals surface area contributed by atoms with E-state index >= 15 is 0 Å². The number of nitrogens with zero attached hydrogens (tertiary/aromatic N) is 1. The van der Waals surface area contributed by atoms with Crippen molar-refractivity contribution in [3.63, 3.8) is 0 Å². The SMILES string of the molecule is CCN(C(=O)C1CC(C)CC(N)C1)C1CCCC1. The molecule has 0 heterocycles. The van der Waals surface area contributed by atoms with Gasteiger partial charge in [-0.1, -0.05) is 19.8 Å². The Kier molecular flexibility index (Phi) is 4.66. The van der Waals surface area contributed by atoms with Gasteiger partial charge in [-0.25, -0.2) is 0 Å². The lowest BCUT2D eigenvalue weighted by Gasteiger charge is -2.36. The van der Waals surface area contributed by atoms with Gasteiger partial charge in [0.1, 0.15) is 0 Å². The molecule has 0 radical (unpaired) electrons. The van der Waals surface area contributed by atoms with Crippen molar-refractivity contribution in [2.75, 3.05) is 6.54 Å². The molecule has 3 unspecified atom stereocenters. The number of hydrogen-bond donors (Lipinski definition) is 1. The van der Waals surface area contributed by atoms with Crippen LogP contribution in [0, 0.1) is 11.8 Å². The van der Waals surface area contributed by atoms with E-state index in [1.165, 1.54) is 25.7 Å². The Hall–Kier alpha value is -0.570. The number of rotatable bonds is 3. The molecule has 2 aliphatic carbocycles. The van der Waals surface area contributed by atoms with Gasteiger partial charge in [0.05, 0.1) is 0 Å². The molecule has 0 aromatic heterocycles. The van der Waals surface area contributed by atoms with Gasteiger partial charge < -0.3 is 10.6 Å². The van der Waals surface area contributed by atoms with E-state index in [0.717, 1.165) is 25.8 Å². The van der Waals surface area contributed by atoms with Gasteiger partial charge in [0.15, 0.2) is 0 Å². The molecule has 0 aromatic carbocycles. The van der Waals surface area contributed by atoms with Crippen LogP contribution in [0.15, 0.2) is 0 Å². The first-order valence-electron chi connectivity index (χ1n) is 7.67. The number of amides is 1. The Morgan fingerprint density at radius 1 is 1.22 bits per heavy atom. The van der Waals surface area contributed by atoms with E-state index in [9.17, 15) is 4.79 Å². The Labute approximate surface area is 111 Å². The van der Waals surface area contributed by atoms with Crippen LogP contribution in [0.1, 0.15) is 58.8 Å². The number of carbonyl (C=O) groups excluding carboxylic acids is 1. The molecule has 18 heavy (non-hydrogen) atoms. The molecule has 104 valence electrons. The average Bonchev–Trinajstić information content (AvgIpc) is 2.82. The minimum absolute atomic E-state index is 0.185. The first-order valence-corrected chi connectivity index (χ1v) is 7.67. The fraction of sp³-hybridized carbons (Fsp3) is 0.933. The fourth-order valence-electron chi connectivity index (χ4n) is 3.90. The summed E-state index contributed by atoms with van der Waals surface area (Å²) in [6, 6.07) is 0.737. The van der Waals surface area contributed by atoms with E-state index in [-0.39, 0.29) is 12.0 Å². The molecule has 3 heteroatoms.